The van der Waals surface area contributed by atoms with Crippen molar-refractivity contribution in [2.24, 2.45) is 5.92 Å². The summed E-state index contributed by atoms with van der Waals surface area (Å²) >= 11 is 0. The normalized spacial score (nSPS) is 20.8. The molecule has 2 aliphatic rings. The van der Waals surface area contributed by atoms with Gasteiger partial charge < -0.3 is 15.1 Å². The number of benzene rings is 1. The lowest BCUT2D eigenvalue weighted by Crippen LogP contribution is -2.47. The fourth-order valence-corrected chi connectivity index (χ4v) is 3.91. The van der Waals surface area contributed by atoms with Crippen molar-refractivity contribution in [1.29, 1.82) is 5.26 Å². The Morgan fingerprint density at radius 2 is 2.10 bits per heavy atom. The summed E-state index contributed by atoms with van der Waals surface area (Å²) in [6.45, 7) is 4.18. The van der Waals surface area contributed by atoms with Crippen molar-refractivity contribution >= 4 is 23.3 Å². The Morgan fingerprint density at radius 1 is 1.33 bits per heavy atom. The molecule has 0 saturated carbocycles. The Bertz CT molecular complexity index is 1050. The van der Waals surface area contributed by atoms with Crippen LogP contribution in [0.4, 0.5) is 25.0 Å². The molecule has 0 unspecified atom stereocenters. The first-order valence-corrected chi connectivity index (χ1v) is 9.56. The van der Waals surface area contributed by atoms with Gasteiger partial charge in [-0.05, 0) is 25.5 Å². The molecule has 3 heterocycles. The minimum Gasteiger partial charge on any atom is -0.314 e. The van der Waals surface area contributed by atoms with Crippen molar-refractivity contribution in [1.82, 2.24) is 14.7 Å². The van der Waals surface area contributed by atoms with E-state index in [2.05, 4.69) is 16.5 Å². The Balaban J connectivity index is 1.56. The molecule has 1 saturated heterocycles. The maximum Gasteiger partial charge on any atom is 0.322 e. The van der Waals surface area contributed by atoms with Gasteiger partial charge in [-0.1, -0.05) is 0 Å². The van der Waals surface area contributed by atoms with Crippen molar-refractivity contribution < 1.29 is 18.4 Å². The van der Waals surface area contributed by atoms with Gasteiger partial charge in [0.1, 0.15) is 0 Å². The molecule has 10 heteroatoms. The summed E-state index contributed by atoms with van der Waals surface area (Å²) in [7, 11) is 0. The molecule has 4 rings (SSSR count). The molecule has 0 aliphatic carbocycles. The number of anilines is 2. The second-order valence-electron chi connectivity index (χ2n) is 7.69. The quantitative estimate of drug-likeness (QED) is 0.818. The van der Waals surface area contributed by atoms with Crippen molar-refractivity contribution in [2.45, 2.75) is 39.4 Å². The van der Waals surface area contributed by atoms with E-state index < -0.39 is 17.7 Å². The van der Waals surface area contributed by atoms with Crippen LogP contribution in [-0.4, -0.2) is 39.2 Å². The van der Waals surface area contributed by atoms with E-state index in [0.29, 0.717) is 24.5 Å². The lowest BCUT2D eigenvalue weighted by Gasteiger charge is -2.35. The van der Waals surface area contributed by atoms with Gasteiger partial charge in [0.25, 0.3) is 0 Å². The summed E-state index contributed by atoms with van der Waals surface area (Å²) in [6, 6.07) is 3.75. The first kappa shape index (κ1) is 19.8. The number of nitriles is 1. The number of nitrogens with zero attached hydrogens (tertiary/aromatic N) is 5. The molecule has 1 N–H and O–H groups in total. The average molecular weight is 414 g/mol. The van der Waals surface area contributed by atoms with Gasteiger partial charge in [-0.2, -0.15) is 10.4 Å². The maximum atomic E-state index is 13.7. The molecule has 2 aliphatic heterocycles. The molecule has 30 heavy (non-hydrogen) atoms. The standard InChI is InChI=1S/C20H20F2N6O2/c1-11-3-14(5-15(21)19(11)22)25-20(30)26-10-17-16(7-24-28(17)8-12(26)2)27-9-13(6-23)4-18(27)29/h3,5,7,12-13H,4,8-10H2,1-2H3,(H,25,30)/t12-,13+/m0/s1. The van der Waals surface area contributed by atoms with Crippen molar-refractivity contribution in [3.63, 3.8) is 0 Å². The largest absolute Gasteiger partial charge is 0.322 e. The number of carbonyl (C=O) groups excluding carboxylic acids is 2. The van der Waals surface area contributed by atoms with Gasteiger partial charge in [-0.15, -0.1) is 0 Å². The van der Waals surface area contributed by atoms with E-state index in [1.54, 1.807) is 15.8 Å². The van der Waals surface area contributed by atoms with Crippen LogP contribution in [0.2, 0.25) is 0 Å². The summed E-state index contributed by atoms with van der Waals surface area (Å²) in [5.41, 5.74) is 1.54. The van der Waals surface area contributed by atoms with E-state index in [-0.39, 0.29) is 42.1 Å². The number of fused-ring (bicyclic) bond motifs is 1. The topological polar surface area (TPSA) is 94.3 Å². The molecule has 0 radical (unpaired) electrons. The molecule has 2 atom stereocenters. The highest BCUT2D eigenvalue weighted by molar-refractivity contribution is 5.96. The number of carbonyl (C=O) groups is 2. The summed E-state index contributed by atoms with van der Waals surface area (Å²) in [4.78, 5) is 28.3. The highest BCUT2D eigenvalue weighted by Crippen LogP contribution is 2.31. The van der Waals surface area contributed by atoms with E-state index in [4.69, 9.17) is 5.26 Å². The maximum absolute atomic E-state index is 13.7. The Morgan fingerprint density at radius 3 is 2.77 bits per heavy atom. The molecule has 1 aromatic heterocycles. The van der Waals surface area contributed by atoms with Crippen LogP contribution in [0.3, 0.4) is 0 Å². The fourth-order valence-electron chi connectivity index (χ4n) is 3.91. The molecule has 3 amide bonds. The highest BCUT2D eigenvalue weighted by atomic mass is 19.2. The summed E-state index contributed by atoms with van der Waals surface area (Å²) in [6.07, 6.45) is 1.75. The number of aryl methyl sites for hydroxylation is 1. The predicted molar refractivity (Wildman–Crippen MR) is 103 cm³/mol. The SMILES string of the molecule is Cc1cc(NC(=O)N2Cc3c(N4C[C@@H](C#N)CC4=O)cnn3C[C@@H]2C)cc(F)c1F. The zero-order valence-electron chi connectivity index (χ0n) is 16.5. The number of urea groups is 1. The van der Waals surface area contributed by atoms with Crippen molar-refractivity contribution in [3.8, 4) is 6.07 Å². The summed E-state index contributed by atoms with van der Waals surface area (Å²) in [5, 5.41) is 16.1. The lowest BCUT2D eigenvalue weighted by molar-refractivity contribution is -0.117. The van der Waals surface area contributed by atoms with Gasteiger partial charge in [0.05, 0.1) is 48.7 Å². The first-order valence-electron chi connectivity index (χ1n) is 9.56. The number of rotatable bonds is 2. The van der Waals surface area contributed by atoms with Gasteiger partial charge in [0.2, 0.25) is 5.91 Å². The Hall–Kier alpha value is -3.48. The Labute approximate surface area is 171 Å². The molecular weight excluding hydrogens is 394 g/mol. The molecule has 156 valence electrons. The van der Waals surface area contributed by atoms with Gasteiger partial charge in [-0.3, -0.25) is 9.48 Å². The van der Waals surface area contributed by atoms with Crippen LogP contribution >= 0.6 is 0 Å². The van der Waals surface area contributed by atoms with Crippen LogP contribution in [-0.2, 0) is 17.9 Å². The monoisotopic (exact) mass is 414 g/mol. The van der Waals surface area contributed by atoms with E-state index >= 15 is 0 Å². The van der Waals surface area contributed by atoms with E-state index in [9.17, 15) is 18.4 Å². The van der Waals surface area contributed by atoms with E-state index in [0.717, 1.165) is 6.07 Å². The number of nitrogens with one attached hydrogen (secondary N) is 1. The third-order valence-corrected chi connectivity index (χ3v) is 5.54. The second-order valence-corrected chi connectivity index (χ2v) is 7.69. The smallest absolute Gasteiger partial charge is 0.314 e. The third kappa shape index (κ3) is 3.36. The minimum atomic E-state index is -1.03. The van der Waals surface area contributed by atoms with Crippen molar-refractivity contribution in [2.75, 3.05) is 16.8 Å². The summed E-state index contributed by atoms with van der Waals surface area (Å²) in [5.74, 6) is -2.49. The molecule has 2 aromatic rings. The van der Waals surface area contributed by atoms with Gasteiger partial charge >= 0.3 is 6.03 Å². The molecule has 1 aromatic carbocycles. The number of aromatic nitrogens is 2. The molecule has 0 bridgehead atoms. The van der Waals surface area contributed by atoms with Crippen LogP contribution in [0.1, 0.15) is 24.6 Å². The Kier molecular flexibility index (Phi) is 4.89. The molecule has 0 spiro atoms. The average Bonchev–Trinajstić information content (AvgIpc) is 3.27. The zero-order chi connectivity index (χ0) is 21.6. The summed E-state index contributed by atoms with van der Waals surface area (Å²) < 4.78 is 28.9. The second kappa shape index (κ2) is 7.40. The van der Waals surface area contributed by atoms with Crippen LogP contribution in [0.25, 0.3) is 0 Å². The van der Waals surface area contributed by atoms with Gasteiger partial charge in [0, 0.05) is 24.7 Å². The van der Waals surface area contributed by atoms with Crippen LogP contribution in [0.5, 0.6) is 0 Å². The zero-order valence-corrected chi connectivity index (χ0v) is 16.5. The van der Waals surface area contributed by atoms with Crippen LogP contribution in [0, 0.1) is 35.8 Å². The predicted octanol–water partition coefficient (Wildman–Crippen LogP) is 2.78. The third-order valence-electron chi connectivity index (χ3n) is 5.54. The van der Waals surface area contributed by atoms with Crippen molar-refractivity contribution in [3.05, 3.63) is 41.2 Å². The number of hydrogen-bond donors (Lipinski definition) is 1. The molecule has 8 nitrogen and oxygen atoms in total. The first-order chi connectivity index (χ1) is 14.3. The van der Waals surface area contributed by atoms with Gasteiger partial charge in [-0.25, -0.2) is 13.6 Å². The van der Waals surface area contributed by atoms with Crippen LogP contribution in [0.15, 0.2) is 18.3 Å². The number of hydrogen-bond acceptors (Lipinski definition) is 4. The lowest BCUT2D eigenvalue weighted by atomic mass is 10.1. The number of halogens is 2. The highest BCUT2D eigenvalue weighted by Gasteiger charge is 2.36. The fraction of sp³-hybridized carbons (Fsp3) is 0.400. The molecule has 1 fully saturated rings. The molecular formula is C20H20F2N6O2. The van der Waals surface area contributed by atoms with Crippen LogP contribution < -0.4 is 10.2 Å². The van der Waals surface area contributed by atoms with E-state index in [1.165, 1.54) is 17.9 Å². The van der Waals surface area contributed by atoms with Gasteiger partial charge in [0.15, 0.2) is 11.6 Å². The minimum absolute atomic E-state index is 0.0944. The number of amides is 3. The van der Waals surface area contributed by atoms with E-state index in [1.807, 2.05) is 6.92 Å².